The number of hydrogen-bond acceptors (Lipinski definition) is 6. The molecule has 0 unspecified atom stereocenters. The average Bonchev–Trinajstić information content (AvgIpc) is 3.51. The van der Waals surface area contributed by atoms with Crippen LogP contribution in [0, 0.1) is 5.82 Å². The summed E-state index contributed by atoms with van der Waals surface area (Å²) in [6, 6.07) is 8.55. The fourth-order valence-corrected chi connectivity index (χ4v) is 5.36. The molecule has 1 saturated heterocycles. The van der Waals surface area contributed by atoms with Gasteiger partial charge < -0.3 is 16.0 Å². The largest absolute Gasteiger partial charge is 0.348 e. The summed E-state index contributed by atoms with van der Waals surface area (Å²) in [5.74, 6) is -0.700. The van der Waals surface area contributed by atoms with E-state index in [1.807, 2.05) is 24.4 Å². The Bertz CT molecular complexity index is 1570. The maximum Gasteiger partial charge on any atom is 0.266 e. The monoisotopic (exact) mass is 535 g/mol. The van der Waals surface area contributed by atoms with Crippen molar-refractivity contribution in [2.45, 2.75) is 38.9 Å². The molecule has 2 aliphatic heterocycles. The highest BCUT2D eigenvalue weighted by atomic mass is 19.3. The summed E-state index contributed by atoms with van der Waals surface area (Å²) in [6.07, 6.45) is 1.70. The summed E-state index contributed by atoms with van der Waals surface area (Å²) in [6.45, 7) is 8.38. The van der Waals surface area contributed by atoms with Crippen LogP contribution in [0.1, 0.15) is 47.3 Å². The zero-order valence-corrected chi connectivity index (χ0v) is 21.6. The highest BCUT2D eigenvalue weighted by Crippen LogP contribution is 2.36. The number of fused-ring (bicyclic) bond motifs is 2. The van der Waals surface area contributed by atoms with Crippen LogP contribution in [0.25, 0.3) is 16.9 Å². The second kappa shape index (κ2) is 9.65. The minimum atomic E-state index is -2.94. The first-order chi connectivity index (χ1) is 18.7. The molecule has 3 N–H and O–H groups in total. The highest BCUT2D eigenvalue weighted by Gasteiger charge is 2.30. The maximum absolute atomic E-state index is 14.6. The number of rotatable bonds is 6. The van der Waals surface area contributed by atoms with Crippen molar-refractivity contribution in [3.05, 3.63) is 77.0 Å². The Labute approximate surface area is 223 Å². The van der Waals surface area contributed by atoms with Gasteiger partial charge in [-0.05, 0) is 43.2 Å². The predicted molar refractivity (Wildman–Crippen MR) is 142 cm³/mol. The molecule has 8 nitrogen and oxygen atoms in total. The number of piperazine rings is 1. The van der Waals surface area contributed by atoms with Crippen LogP contribution in [-0.4, -0.2) is 50.3 Å². The van der Waals surface area contributed by atoms with Crippen molar-refractivity contribution in [2.24, 2.45) is 0 Å². The molecular formula is C28H28F3N7O. The van der Waals surface area contributed by atoms with Crippen LogP contribution in [0.15, 0.2) is 48.9 Å². The Kier molecular flexibility index (Phi) is 6.27. The Morgan fingerprint density at radius 2 is 1.97 bits per heavy atom. The van der Waals surface area contributed by atoms with E-state index < -0.39 is 17.8 Å². The van der Waals surface area contributed by atoms with Crippen molar-refractivity contribution in [3.63, 3.8) is 0 Å². The second-order valence-corrected chi connectivity index (χ2v) is 10.5. The molecule has 2 aliphatic rings. The standard InChI is InChI=1S/C28H28F3N7O/c1-28(2)15-32-8-10-37(28)14-16-3-6-22(33-11-16)36-20-5-4-17(19-12-35-27(39)23(19)20)21-13-34-26-24(29)18(25(30)31)7-9-38(21)26/h3-7,9,11,13,25,32H,8,10,12,14-15H2,1-2H3,(H,33,36)(H,35,39). The number of nitrogens with one attached hydrogen (secondary N) is 3. The van der Waals surface area contributed by atoms with Gasteiger partial charge in [0.25, 0.3) is 12.3 Å². The van der Waals surface area contributed by atoms with E-state index >= 15 is 0 Å². The molecule has 0 radical (unpaired) electrons. The van der Waals surface area contributed by atoms with Crippen molar-refractivity contribution in [1.29, 1.82) is 0 Å². The average molecular weight is 536 g/mol. The zero-order chi connectivity index (χ0) is 27.3. The third-order valence-corrected chi connectivity index (χ3v) is 7.56. The van der Waals surface area contributed by atoms with Crippen LogP contribution < -0.4 is 16.0 Å². The van der Waals surface area contributed by atoms with Crippen molar-refractivity contribution < 1.29 is 18.0 Å². The summed E-state index contributed by atoms with van der Waals surface area (Å²) in [5.41, 5.74) is 3.19. The van der Waals surface area contributed by atoms with Gasteiger partial charge in [0.15, 0.2) is 11.5 Å². The van der Waals surface area contributed by atoms with Gasteiger partial charge in [-0.15, -0.1) is 0 Å². The van der Waals surface area contributed by atoms with Crippen LogP contribution in [0.4, 0.5) is 24.7 Å². The van der Waals surface area contributed by atoms with Gasteiger partial charge in [0.05, 0.1) is 28.7 Å². The molecule has 202 valence electrons. The number of anilines is 2. The van der Waals surface area contributed by atoms with Crippen molar-refractivity contribution >= 4 is 23.1 Å². The van der Waals surface area contributed by atoms with Gasteiger partial charge >= 0.3 is 0 Å². The lowest BCUT2D eigenvalue weighted by Crippen LogP contribution is -2.57. The molecule has 0 spiro atoms. The molecule has 1 amide bonds. The molecule has 1 fully saturated rings. The molecule has 4 aromatic rings. The van der Waals surface area contributed by atoms with Gasteiger partial charge in [-0.1, -0.05) is 12.1 Å². The summed E-state index contributed by atoms with van der Waals surface area (Å²) in [5, 5.41) is 9.54. The van der Waals surface area contributed by atoms with E-state index in [0.29, 0.717) is 33.9 Å². The third kappa shape index (κ3) is 4.51. The topological polar surface area (TPSA) is 86.6 Å². The molecule has 3 aromatic heterocycles. The lowest BCUT2D eigenvalue weighted by atomic mass is 9.99. The maximum atomic E-state index is 14.6. The molecule has 0 aliphatic carbocycles. The number of alkyl halides is 2. The van der Waals surface area contributed by atoms with Gasteiger partial charge in [-0.2, -0.15) is 0 Å². The lowest BCUT2D eigenvalue weighted by Gasteiger charge is -2.42. The number of nitrogens with zero attached hydrogens (tertiary/aromatic N) is 4. The van der Waals surface area contributed by atoms with E-state index in [4.69, 9.17) is 0 Å². The molecular weight excluding hydrogens is 507 g/mol. The summed E-state index contributed by atoms with van der Waals surface area (Å²) < 4.78 is 42.4. The fourth-order valence-electron chi connectivity index (χ4n) is 5.36. The molecule has 6 rings (SSSR count). The molecule has 39 heavy (non-hydrogen) atoms. The number of aromatic nitrogens is 3. The van der Waals surface area contributed by atoms with E-state index in [1.54, 1.807) is 6.07 Å². The number of benzene rings is 1. The first kappa shape index (κ1) is 25.3. The Morgan fingerprint density at radius 3 is 2.72 bits per heavy atom. The van der Waals surface area contributed by atoms with E-state index in [2.05, 4.69) is 44.7 Å². The predicted octanol–water partition coefficient (Wildman–Crippen LogP) is 4.64. The third-order valence-electron chi connectivity index (χ3n) is 7.56. The molecule has 1 aromatic carbocycles. The Hall–Kier alpha value is -3.96. The van der Waals surface area contributed by atoms with Gasteiger partial charge in [0, 0.05) is 56.2 Å². The second-order valence-electron chi connectivity index (χ2n) is 10.5. The van der Waals surface area contributed by atoms with E-state index in [0.717, 1.165) is 37.8 Å². The minimum Gasteiger partial charge on any atom is -0.348 e. The van der Waals surface area contributed by atoms with E-state index in [-0.39, 0.29) is 23.6 Å². The highest BCUT2D eigenvalue weighted by molar-refractivity contribution is 6.06. The molecule has 0 saturated carbocycles. The van der Waals surface area contributed by atoms with Crippen LogP contribution >= 0.6 is 0 Å². The minimum absolute atomic E-state index is 0.0582. The number of carbonyl (C=O) groups excluding carboxylic acids is 1. The normalized spacial score (nSPS) is 17.0. The first-order valence-corrected chi connectivity index (χ1v) is 12.8. The molecule has 5 heterocycles. The van der Waals surface area contributed by atoms with Gasteiger partial charge in [0.2, 0.25) is 0 Å². The van der Waals surface area contributed by atoms with Crippen molar-refractivity contribution in [1.82, 2.24) is 29.9 Å². The first-order valence-electron chi connectivity index (χ1n) is 12.8. The lowest BCUT2D eigenvalue weighted by molar-refractivity contribution is 0.0826. The number of amides is 1. The van der Waals surface area contributed by atoms with E-state index in [9.17, 15) is 18.0 Å². The number of halogens is 3. The van der Waals surface area contributed by atoms with Crippen molar-refractivity contribution in [2.75, 3.05) is 25.0 Å². The van der Waals surface area contributed by atoms with Gasteiger partial charge in [-0.3, -0.25) is 14.1 Å². The smallest absolute Gasteiger partial charge is 0.266 e. The number of pyridine rings is 2. The Morgan fingerprint density at radius 1 is 1.13 bits per heavy atom. The molecule has 0 atom stereocenters. The van der Waals surface area contributed by atoms with Crippen LogP contribution in [0.3, 0.4) is 0 Å². The van der Waals surface area contributed by atoms with Crippen LogP contribution in [0.2, 0.25) is 0 Å². The van der Waals surface area contributed by atoms with E-state index in [1.165, 1.54) is 16.8 Å². The number of imidazole rings is 1. The number of carbonyl (C=O) groups is 1. The van der Waals surface area contributed by atoms with Crippen molar-refractivity contribution in [3.8, 4) is 11.3 Å². The Balaban J connectivity index is 1.28. The fraction of sp³-hybridized carbons (Fsp3) is 0.321. The van der Waals surface area contributed by atoms with Crippen LogP contribution in [0.5, 0.6) is 0 Å². The summed E-state index contributed by atoms with van der Waals surface area (Å²) in [7, 11) is 0. The quantitative estimate of drug-likeness (QED) is 0.334. The zero-order valence-electron chi connectivity index (χ0n) is 21.6. The van der Waals surface area contributed by atoms with Gasteiger partial charge in [0.1, 0.15) is 5.82 Å². The SMILES string of the molecule is CC1(C)CNCCN1Cc1ccc(Nc2ccc(-c3cnc4c(F)c(C(F)F)ccn34)c3c2C(=O)NC3)nc1. The molecule has 11 heteroatoms. The molecule has 0 bridgehead atoms. The van der Waals surface area contributed by atoms with Crippen LogP contribution in [-0.2, 0) is 13.1 Å². The summed E-state index contributed by atoms with van der Waals surface area (Å²) in [4.78, 5) is 23.9. The summed E-state index contributed by atoms with van der Waals surface area (Å²) >= 11 is 0. The van der Waals surface area contributed by atoms with Gasteiger partial charge in [-0.25, -0.2) is 23.1 Å². The number of hydrogen-bond donors (Lipinski definition) is 3.